The van der Waals surface area contributed by atoms with Gasteiger partial charge in [-0.1, -0.05) is 117 Å². The standard InChI is InChI=1S/C24H50O4S.K/c1-3-5-6-18-21-24(29(26,27)28)22-19-16-14-12-10-8-7-9-11-13-15-17-20-23(25)4-2;/h23-25H,3-22H2,1-2H3,(H,26,27,28);/q;+1/p-1. The Labute approximate surface area is 230 Å². The van der Waals surface area contributed by atoms with Crippen molar-refractivity contribution in [3.8, 4) is 0 Å². The van der Waals surface area contributed by atoms with Crippen molar-refractivity contribution in [1.29, 1.82) is 0 Å². The van der Waals surface area contributed by atoms with E-state index in [0.717, 1.165) is 64.2 Å². The predicted molar refractivity (Wildman–Crippen MR) is 123 cm³/mol. The van der Waals surface area contributed by atoms with Crippen LogP contribution in [-0.4, -0.2) is 29.4 Å². The van der Waals surface area contributed by atoms with Gasteiger partial charge in [-0.05, 0) is 25.7 Å². The largest absolute Gasteiger partial charge is 1.00 e. The summed E-state index contributed by atoms with van der Waals surface area (Å²) in [5, 5.41) is 8.85. The molecule has 0 aliphatic carbocycles. The van der Waals surface area contributed by atoms with Crippen molar-refractivity contribution in [2.24, 2.45) is 0 Å². The molecular formula is C24H49KO4S. The Morgan fingerprint density at radius 3 is 1.30 bits per heavy atom. The third-order valence-corrected chi connectivity index (χ3v) is 7.36. The summed E-state index contributed by atoms with van der Waals surface area (Å²) < 4.78 is 34.3. The molecule has 0 amide bonds. The van der Waals surface area contributed by atoms with Crippen LogP contribution in [0.1, 0.15) is 142 Å². The van der Waals surface area contributed by atoms with Gasteiger partial charge in [-0.15, -0.1) is 0 Å². The zero-order valence-electron chi connectivity index (χ0n) is 20.4. The van der Waals surface area contributed by atoms with Crippen LogP contribution in [0.15, 0.2) is 0 Å². The van der Waals surface area contributed by atoms with Gasteiger partial charge in [0.05, 0.1) is 16.2 Å². The van der Waals surface area contributed by atoms with E-state index in [4.69, 9.17) is 0 Å². The molecule has 0 radical (unpaired) electrons. The number of hydrogen-bond donors (Lipinski definition) is 1. The van der Waals surface area contributed by atoms with Gasteiger partial charge in [0.15, 0.2) is 0 Å². The maximum atomic E-state index is 11.4. The van der Waals surface area contributed by atoms with Crippen molar-refractivity contribution < 1.29 is 69.5 Å². The summed E-state index contributed by atoms with van der Waals surface area (Å²) in [7, 11) is -4.14. The molecule has 2 atom stereocenters. The number of unbranched alkanes of at least 4 members (excludes halogenated alkanes) is 14. The van der Waals surface area contributed by atoms with Crippen LogP contribution in [0.25, 0.3) is 0 Å². The van der Waals surface area contributed by atoms with Gasteiger partial charge < -0.3 is 9.66 Å². The van der Waals surface area contributed by atoms with Crippen LogP contribution in [0, 0.1) is 0 Å². The van der Waals surface area contributed by atoms with Crippen LogP contribution in [0.3, 0.4) is 0 Å². The van der Waals surface area contributed by atoms with Crippen LogP contribution in [-0.2, 0) is 10.1 Å². The molecule has 30 heavy (non-hydrogen) atoms. The molecule has 0 fully saturated rings. The first kappa shape index (κ1) is 33.7. The molecule has 0 aliphatic heterocycles. The Balaban J connectivity index is 0. The Morgan fingerprint density at radius 2 is 0.967 bits per heavy atom. The van der Waals surface area contributed by atoms with Gasteiger partial charge in [-0.3, -0.25) is 0 Å². The van der Waals surface area contributed by atoms with Crippen molar-refractivity contribution in [2.75, 3.05) is 0 Å². The zero-order valence-corrected chi connectivity index (χ0v) is 24.3. The topological polar surface area (TPSA) is 77.4 Å². The third kappa shape index (κ3) is 22.7. The van der Waals surface area contributed by atoms with E-state index in [1.807, 2.05) is 6.92 Å². The SMILES string of the molecule is CCCCCCC(CCCCCCCCCCCCCCC(O)CC)S(=O)(=O)[O-].[K+]. The van der Waals surface area contributed by atoms with Crippen molar-refractivity contribution in [1.82, 2.24) is 0 Å². The van der Waals surface area contributed by atoms with Crippen LogP contribution in [0.5, 0.6) is 0 Å². The van der Waals surface area contributed by atoms with E-state index in [9.17, 15) is 18.1 Å². The monoisotopic (exact) mass is 472 g/mol. The summed E-state index contributed by atoms with van der Waals surface area (Å²) in [4.78, 5) is 0. The molecule has 0 aliphatic rings. The molecule has 0 saturated carbocycles. The molecule has 0 saturated heterocycles. The first-order valence-electron chi connectivity index (χ1n) is 12.5. The average molecular weight is 473 g/mol. The van der Waals surface area contributed by atoms with E-state index in [-0.39, 0.29) is 57.5 Å². The quantitative estimate of drug-likeness (QED) is 0.146. The van der Waals surface area contributed by atoms with Gasteiger partial charge in [-0.2, -0.15) is 0 Å². The Bertz CT molecular complexity index is 442. The van der Waals surface area contributed by atoms with Crippen molar-refractivity contribution >= 4 is 10.1 Å². The number of aliphatic hydroxyl groups excluding tert-OH is 1. The van der Waals surface area contributed by atoms with E-state index >= 15 is 0 Å². The van der Waals surface area contributed by atoms with Gasteiger partial charge in [-0.25, -0.2) is 8.42 Å². The molecule has 0 rings (SSSR count). The maximum Gasteiger partial charge on any atom is 1.00 e. The minimum atomic E-state index is -4.14. The van der Waals surface area contributed by atoms with Gasteiger partial charge >= 0.3 is 51.4 Å². The first-order valence-corrected chi connectivity index (χ1v) is 14.0. The number of aliphatic hydroxyl groups is 1. The van der Waals surface area contributed by atoms with E-state index in [2.05, 4.69) is 6.92 Å². The Kier molecular flexibility index (Phi) is 26.6. The van der Waals surface area contributed by atoms with Crippen molar-refractivity contribution in [3.63, 3.8) is 0 Å². The van der Waals surface area contributed by atoms with Gasteiger partial charge in [0.1, 0.15) is 0 Å². The molecule has 0 bridgehead atoms. The fourth-order valence-corrected chi connectivity index (χ4v) is 4.87. The van der Waals surface area contributed by atoms with E-state index in [1.54, 1.807) is 0 Å². The first-order chi connectivity index (χ1) is 13.9. The summed E-state index contributed by atoms with van der Waals surface area (Å²) in [6, 6.07) is 0. The zero-order chi connectivity index (χ0) is 21.8. The maximum absolute atomic E-state index is 11.4. The smallest absolute Gasteiger partial charge is 0.748 e. The second-order valence-electron chi connectivity index (χ2n) is 8.85. The molecule has 4 nitrogen and oxygen atoms in total. The fourth-order valence-electron chi connectivity index (χ4n) is 3.96. The van der Waals surface area contributed by atoms with Gasteiger partial charge in [0, 0.05) is 5.25 Å². The molecule has 176 valence electrons. The van der Waals surface area contributed by atoms with Crippen LogP contribution in [0.2, 0.25) is 0 Å². The summed E-state index contributed by atoms with van der Waals surface area (Å²) in [6.07, 6.45) is 21.4. The predicted octanol–water partition coefficient (Wildman–Crippen LogP) is 4.11. The molecule has 0 aromatic carbocycles. The van der Waals surface area contributed by atoms with Gasteiger partial charge in [0.25, 0.3) is 0 Å². The van der Waals surface area contributed by atoms with E-state index in [1.165, 1.54) is 51.4 Å². The van der Waals surface area contributed by atoms with E-state index < -0.39 is 15.4 Å². The van der Waals surface area contributed by atoms with Crippen LogP contribution < -0.4 is 51.4 Å². The minimum Gasteiger partial charge on any atom is -0.748 e. The summed E-state index contributed by atoms with van der Waals surface area (Å²) in [5.41, 5.74) is 0. The van der Waals surface area contributed by atoms with E-state index in [0.29, 0.717) is 12.8 Å². The number of rotatable bonds is 22. The normalized spacial score (nSPS) is 13.7. The molecule has 0 aromatic rings. The van der Waals surface area contributed by atoms with Crippen molar-refractivity contribution in [3.05, 3.63) is 0 Å². The molecule has 0 heterocycles. The van der Waals surface area contributed by atoms with Crippen molar-refractivity contribution in [2.45, 2.75) is 154 Å². The van der Waals surface area contributed by atoms with Crippen LogP contribution >= 0.6 is 0 Å². The summed E-state index contributed by atoms with van der Waals surface area (Å²) in [5.74, 6) is 0. The number of hydrogen-bond acceptors (Lipinski definition) is 4. The molecule has 1 N–H and O–H groups in total. The Morgan fingerprint density at radius 1 is 0.633 bits per heavy atom. The van der Waals surface area contributed by atoms with Gasteiger partial charge in [0.2, 0.25) is 0 Å². The van der Waals surface area contributed by atoms with Crippen LogP contribution in [0.4, 0.5) is 0 Å². The summed E-state index contributed by atoms with van der Waals surface area (Å²) in [6.45, 7) is 4.16. The minimum absolute atomic E-state index is 0. The molecule has 2 unspecified atom stereocenters. The second kappa shape index (κ2) is 23.7. The molecule has 0 aromatic heterocycles. The second-order valence-corrected chi connectivity index (χ2v) is 10.5. The average Bonchev–Trinajstić information content (AvgIpc) is 2.68. The Hall–Kier alpha value is 1.51. The molecule has 6 heteroatoms. The fraction of sp³-hybridized carbons (Fsp3) is 1.00. The molecule has 0 spiro atoms. The third-order valence-electron chi connectivity index (χ3n) is 6.07. The summed E-state index contributed by atoms with van der Waals surface area (Å²) >= 11 is 0. The molecular weight excluding hydrogens is 423 g/mol.